The van der Waals surface area contributed by atoms with Crippen molar-refractivity contribution >= 4 is 17.6 Å². The van der Waals surface area contributed by atoms with Gasteiger partial charge in [-0.25, -0.2) is 4.79 Å². The van der Waals surface area contributed by atoms with E-state index in [0.717, 1.165) is 5.56 Å². The fourth-order valence-electron chi connectivity index (χ4n) is 1.15. The molecule has 92 valence electrons. The lowest BCUT2D eigenvalue weighted by Crippen LogP contribution is -2.37. The summed E-state index contributed by atoms with van der Waals surface area (Å²) in [5.74, 6) is -0.251. The van der Waals surface area contributed by atoms with Gasteiger partial charge in [0.15, 0.2) is 0 Å². The van der Waals surface area contributed by atoms with Crippen molar-refractivity contribution in [2.45, 2.75) is 6.54 Å². The van der Waals surface area contributed by atoms with Gasteiger partial charge in [0.25, 0.3) is 0 Å². The van der Waals surface area contributed by atoms with Crippen LogP contribution in [-0.4, -0.2) is 25.5 Å². The molecule has 0 aromatic heterocycles. The molecule has 0 bridgehead atoms. The van der Waals surface area contributed by atoms with Crippen molar-refractivity contribution in [2.75, 3.05) is 18.9 Å². The van der Waals surface area contributed by atoms with E-state index in [1.165, 1.54) is 7.05 Å². The van der Waals surface area contributed by atoms with E-state index >= 15 is 0 Å². The average Bonchev–Trinajstić information content (AvgIpc) is 2.36. The zero-order valence-corrected chi connectivity index (χ0v) is 9.62. The highest BCUT2D eigenvalue weighted by Crippen LogP contribution is 2.08. The van der Waals surface area contributed by atoms with Crippen molar-refractivity contribution in [3.8, 4) is 0 Å². The summed E-state index contributed by atoms with van der Waals surface area (Å²) in [6, 6.07) is 6.74. The smallest absolute Gasteiger partial charge is 0.319 e. The third-order valence-electron chi connectivity index (χ3n) is 2.14. The molecule has 0 atom stereocenters. The Kier molecular flexibility index (Phi) is 4.96. The van der Waals surface area contributed by atoms with Crippen molar-refractivity contribution in [3.05, 3.63) is 29.8 Å². The third-order valence-corrected chi connectivity index (χ3v) is 2.14. The van der Waals surface area contributed by atoms with E-state index in [2.05, 4.69) is 16.0 Å². The first-order valence-electron chi connectivity index (χ1n) is 5.20. The number of carbonyl (C=O) groups excluding carboxylic acids is 2. The molecule has 5 N–H and O–H groups in total. The molecule has 0 saturated heterocycles. The molecule has 0 unspecified atom stereocenters. The molecule has 17 heavy (non-hydrogen) atoms. The molecule has 0 aliphatic carbocycles. The summed E-state index contributed by atoms with van der Waals surface area (Å²) in [5, 5.41) is 7.43. The molecule has 0 aliphatic heterocycles. The Morgan fingerprint density at radius 2 is 1.88 bits per heavy atom. The van der Waals surface area contributed by atoms with Crippen LogP contribution >= 0.6 is 0 Å². The summed E-state index contributed by atoms with van der Waals surface area (Å²) in [6.07, 6.45) is 0. The van der Waals surface area contributed by atoms with Gasteiger partial charge in [-0.05, 0) is 17.7 Å². The van der Waals surface area contributed by atoms with E-state index in [4.69, 9.17) is 5.73 Å². The van der Waals surface area contributed by atoms with E-state index in [1.54, 1.807) is 12.1 Å². The van der Waals surface area contributed by atoms with E-state index in [9.17, 15) is 9.59 Å². The van der Waals surface area contributed by atoms with Crippen molar-refractivity contribution in [3.63, 3.8) is 0 Å². The Labute approximate surface area is 99.6 Å². The quantitative estimate of drug-likeness (QED) is 0.593. The number of anilines is 1. The highest BCUT2D eigenvalue weighted by molar-refractivity contribution is 5.92. The molecule has 0 aliphatic rings. The minimum atomic E-state index is -0.422. The maximum absolute atomic E-state index is 11.4. The molecule has 6 heteroatoms. The lowest BCUT2D eigenvalue weighted by atomic mass is 10.2. The van der Waals surface area contributed by atoms with Crippen molar-refractivity contribution < 1.29 is 9.59 Å². The van der Waals surface area contributed by atoms with Crippen molar-refractivity contribution in [2.24, 2.45) is 5.73 Å². The second-order valence-electron chi connectivity index (χ2n) is 3.38. The Hall–Kier alpha value is -2.08. The summed E-state index contributed by atoms with van der Waals surface area (Å²) in [7, 11) is 1.51. The zero-order chi connectivity index (χ0) is 12.7. The van der Waals surface area contributed by atoms with Gasteiger partial charge < -0.3 is 21.7 Å². The predicted octanol–water partition coefficient (Wildman–Crippen LogP) is 0.0128. The van der Waals surface area contributed by atoms with E-state index in [1.807, 2.05) is 12.1 Å². The minimum absolute atomic E-state index is 0.0524. The number of carbonyl (C=O) groups is 2. The molecular formula is C11H16N4O2. The second kappa shape index (κ2) is 6.49. The molecule has 0 radical (unpaired) electrons. The molecule has 0 spiro atoms. The van der Waals surface area contributed by atoms with E-state index in [0.29, 0.717) is 12.2 Å². The van der Waals surface area contributed by atoms with Crippen LogP contribution in [0.2, 0.25) is 0 Å². The van der Waals surface area contributed by atoms with Gasteiger partial charge in [-0.15, -0.1) is 0 Å². The van der Waals surface area contributed by atoms with E-state index in [-0.39, 0.29) is 12.5 Å². The van der Waals surface area contributed by atoms with Crippen molar-refractivity contribution in [1.82, 2.24) is 10.6 Å². The topological polar surface area (TPSA) is 96.2 Å². The van der Waals surface area contributed by atoms with Gasteiger partial charge in [0, 0.05) is 19.3 Å². The maximum atomic E-state index is 11.4. The minimum Gasteiger partial charge on any atom is -0.358 e. The monoisotopic (exact) mass is 236 g/mol. The maximum Gasteiger partial charge on any atom is 0.319 e. The van der Waals surface area contributed by atoms with Crippen LogP contribution in [0.3, 0.4) is 0 Å². The summed E-state index contributed by atoms with van der Waals surface area (Å²) < 4.78 is 0. The van der Waals surface area contributed by atoms with Crippen LogP contribution in [-0.2, 0) is 11.3 Å². The van der Waals surface area contributed by atoms with Crippen LogP contribution in [0.5, 0.6) is 0 Å². The van der Waals surface area contributed by atoms with Crippen LogP contribution < -0.4 is 21.7 Å². The summed E-state index contributed by atoms with van der Waals surface area (Å²) in [4.78, 5) is 22.2. The van der Waals surface area contributed by atoms with Crippen molar-refractivity contribution in [1.29, 1.82) is 0 Å². The summed E-state index contributed by atoms with van der Waals surface area (Å²) in [5.41, 5.74) is 7.09. The first-order chi connectivity index (χ1) is 8.15. The Morgan fingerprint density at radius 1 is 1.24 bits per heavy atom. The molecule has 1 aromatic rings. The number of nitrogens with two attached hydrogens (primary N) is 1. The number of urea groups is 1. The van der Waals surface area contributed by atoms with Crippen LogP contribution in [0.25, 0.3) is 0 Å². The number of rotatable bonds is 4. The highest BCUT2D eigenvalue weighted by atomic mass is 16.2. The number of amides is 3. The predicted molar refractivity (Wildman–Crippen MR) is 65.4 cm³/mol. The Bertz CT molecular complexity index is 389. The first-order valence-corrected chi connectivity index (χ1v) is 5.20. The molecule has 1 aromatic carbocycles. The van der Waals surface area contributed by atoms with Crippen LogP contribution in [0.15, 0.2) is 24.3 Å². The average molecular weight is 236 g/mol. The SMILES string of the molecule is CNC(=O)CNC(=O)Nc1ccc(CN)cc1. The first kappa shape index (κ1) is 13.0. The fourth-order valence-corrected chi connectivity index (χ4v) is 1.15. The fraction of sp³-hybridized carbons (Fsp3) is 0.273. The van der Waals surface area contributed by atoms with Gasteiger partial charge in [0.1, 0.15) is 0 Å². The highest BCUT2D eigenvalue weighted by Gasteiger charge is 2.03. The normalized spacial score (nSPS) is 9.53. The van der Waals surface area contributed by atoms with Gasteiger partial charge in [0.05, 0.1) is 6.54 Å². The summed E-state index contributed by atoms with van der Waals surface area (Å²) in [6.45, 7) is 0.409. The van der Waals surface area contributed by atoms with Gasteiger partial charge in [-0.1, -0.05) is 12.1 Å². The lowest BCUT2D eigenvalue weighted by Gasteiger charge is -2.07. The Morgan fingerprint density at radius 3 is 2.41 bits per heavy atom. The summed E-state index contributed by atoms with van der Waals surface area (Å²) >= 11 is 0. The lowest BCUT2D eigenvalue weighted by molar-refractivity contribution is -0.119. The van der Waals surface area contributed by atoms with E-state index < -0.39 is 6.03 Å². The number of hydrogen-bond acceptors (Lipinski definition) is 3. The number of hydrogen-bond donors (Lipinski definition) is 4. The standard InChI is InChI=1S/C11H16N4O2/c1-13-10(16)7-14-11(17)15-9-4-2-8(6-12)3-5-9/h2-5H,6-7,12H2,1H3,(H,13,16)(H2,14,15,17). The van der Waals surface area contributed by atoms with Gasteiger partial charge >= 0.3 is 6.03 Å². The van der Waals surface area contributed by atoms with Crippen LogP contribution in [0.1, 0.15) is 5.56 Å². The zero-order valence-electron chi connectivity index (χ0n) is 9.62. The molecule has 6 nitrogen and oxygen atoms in total. The van der Waals surface area contributed by atoms with Gasteiger partial charge in [-0.2, -0.15) is 0 Å². The molecule has 3 amide bonds. The Balaban J connectivity index is 2.42. The number of nitrogens with one attached hydrogen (secondary N) is 3. The molecule has 1 rings (SSSR count). The van der Waals surface area contributed by atoms with Crippen LogP contribution in [0.4, 0.5) is 10.5 Å². The van der Waals surface area contributed by atoms with Crippen LogP contribution in [0, 0.1) is 0 Å². The number of likely N-dealkylation sites (N-methyl/N-ethyl adjacent to an activating group) is 1. The molecule has 0 saturated carbocycles. The molecule has 0 fully saturated rings. The van der Waals surface area contributed by atoms with Gasteiger partial charge in [-0.3, -0.25) is 4.79 Å². The second-order valence-corrected chi connectivity index (χ2v) is 3.38. The van der Waals surface area contributed by atoms with Gasteiger partial charge in [0.2, 0.25) is 5.91 Å². The molecular weight excluding hydrogens is 220 g/mol. The third kappa shape index (κ3) is 4.52. The largest absolute Gasteiger partial charge is 0.358 e. The molecule has 0 heterocycles. The number of benzene rings is 1.